The van der Waals surface area contributed by atoms with Crippen LogP contribution in [0.5, 0.6) is 5.88 Å². The van der Waals surface area contributed by atoms with Crippen molar-refractivity contribution in [2.45, 2.75) is 46.3 Å². The largest absolute Gasteiger partial charge is 0.494 e. The van der Waals surface area contributed by atoms with Gasteiger partial charge in [0, 0.05) is 36.2 Å². The summed E-state index contributed by atoms with van der Waals surface area (Å²) < 4.78 is 7.01. The number of benzene rings is 1. The summed E-state index contributed by atoms with van der Waals surface area (Å²) in [6.45, 7) is 8.38. The monoisotopic (exact) mass is 411 g/mol. The van der Waals surface area contributed by atoms with Gasteiger partial charge in [0.25, 0.3) is 5.91 Å². The van der Waals surface area contributed by atoms with E-state index in [0.717, 1.165) is 16.6 Å². The van der Waals surface area contributed by atoms with Crippen molar-refractivity contribution in [1.82, 2.24) is 20.1 Å². The minimum absolute atomic E-state index is 0.0346. The number of hydrogen-bond donors (Lipinski definition) is 3. The van der Waals surface area contributed by atoms with E-state index >= 15 is 0 Å². The summed E-state index contributed by atoms with van der Waals surface area (Å²) in [7, 11) is 1.61. The molecule has 0 aliphatic rings. The van der Waals surface area contributed by atoms with Gasteiger partial charge in [0.2, 0.25) is 0 Å². The summed E-state index contributed by atoms with van der Waals surface area (Å²) in [6.07, 6.45) is 4.12. The number of aromatic hydroxyl groups is 1. The summed E-state index contributed by atoms with van der Waals surface area (Å²) in [6, 6.07) is 5.53. The maximum Gasteiger partial charge on any atom is 0.251 e. The Morgan fingerprint density at radius 1 is 1.37 bits per heavy atom. The number of rotatable bonds is 8. The van der Waals surface area contributed by atoms with Crippen LogP contribution >= 0.6 is 0 Å². The van der Waals surface area contributed by atoms with E-state index in [0.29, 0.717) is 29.8 Å². The lowest BCUT2D eigenvalue weighted by Crippen LogP contribution is -2.31. The molecule has 0 fully saturated rings. The van der Waals surface area contributed by atoms with Crippen molar-refractivity contribution >= 4 is 28.2 Å². The van der Waals surface area contributed by atoms with Crippen LogP contribution in [0.3, 0.4) is 0 Å². The number of nitrogens with one attached hydrogen (secondary N) is 2. The molecular weight excluding hydrogens is 382 g/mol. The molecule has 0 saturated carbocycles. The van der Waals surface area contributed by atoms with Crippen molar-refractivity contribution in [3.63, 3.8) is 0 Å². The van der Waals surface area contributed by atoms with E-state index in [1.807, 2.05) is 38.6 Å². The van der Waals surface area contributed by atoms with E-state index in [-0.39, 0.29) is 23.9 Å². The molecule has 3 rings (SSSR count). The number of aliphatic imine (C=N–C) groups is 1. The molecule has 160 valence electrons. The van der Waals surface area contributed by atoms with Crippen molar-refractivity contribution in [2.75, 3.05) is 13.7 Å². The van der Waals surface area contributed by atoms with Gasteiger partial charge in [-0.2, -0.15) is 5.10 Å². The summed E-state index contributed by atoms with van der Waals surface area (Å²) in [5.41, 5.74) is 3.28. The highest BCUT2D eigenvalue weighted by Gasteiger charge is 2.18. The molecule has 2 aromatic heterocycles. The molecule has 3 aromatic rings. The zero-order chi connectivity index (χ0) is 21.8. The van der Waals surface area contributed by atoms with Crippen molar-refractivity contribution < 1.29 is 14.6 Å². The van der Waals surface area contributed by atoms with Gasteiger partial charge in [-0.15, -0.1) is 0 Å². The third-order valence-corrected chi connectivity index (χ3v) is 5.00. The summed E-state index contributed by atoms with van der Waals surface area (Å²) in [5, 5.41) is 18.5. The van der Waals surface area contributed by atoms with E-state index in [9.17, 15) is 9.90 Å². The van der Waals surface area contributed by atoms with Crippen LogP contribution in [-0.4, -0.2) is 51.2 Å². The molecule has 8 nitrogen and oxygen atoms in total. The first-order valence-electron chi connectivity index (χ1n) is 10.1. The molecular formula is C22H29N5O3. The van der Waals surface area contributed by atoms with E-state index < -0.39 is 0 Å². The zero-order valence-corrected chi connectivity index (χ0v) is 18.1. The van der Waals surface area contributed by atoms with Gasteiger partial charge in [0.15, 0.2) is 5.88 Å². The molecule has 3 N–H and O–H groups in total. The highest BCUT2D eigenvalue weighted by molar-refractivity contribution is 6.14. The number of methoxy groups -OCH3 is 1. The maximum atomic E-state index is 12.5. The van der Waals surface area contributed by atoms with E-state index in [1.165, 1.54) is 0 Å². The lowest BCUT2D eigenvalue weighted by atomic mass is 10.0. The quantitative estimate of drug-likeness (QED) is 0.488. The molecule has 0 spiro atoms. The predicted octanol–water partition coefficient (Wildman–Crippen LogP) is 3.95. The Balaban J connectivity index is 1.98. The Hall–Kier alpha value is -3.13. The van der Waals surface area contributed by atoms with Gasteiger partial charge in [-0.25, -0.2) is 4.99 Å². The second-order valence-corrected chi connectivity index (χ2v) is 7.55. The standard InChI is InChI=1S/C22H29N5O3/c1-6-18(25-16-11-24-27(12-16)13(2)3)20-17-9-15(7-8-19(17)26-22(20)29)21(28)23-10-14(4)30-5/h7-9,11-14,26,29H,6,10H2,1-5H3,(H,23,28)/t14-/m1/s1. The summed E-state index contributed by atoms with van der Waals surface area (Å²) >= 11 is 0. The number of amides is 1. The number of hydrogen-bond acceptors (Lipinski definition) is 5. The van der Waals surface area contributed by atoms with E-state index in [4.69, 9.17) is 9.73 Å². The molecule has 8 heteroatoms. The Labute approximate surface area is 176 Å². The van der Waals surface area contributed by atoms with Crippen molar-refractivity contribution in [3.05, 3.63) is 41.7 Å². The minimum Gasteiger partial charge on any atom is -0.494 e. The molecule has 0 aliphatic carbocycles. The molecule has 30 heavy (non-hydrogen) atoms. The predicted molar refractivity (Wildman–Crippen MR) is 118 cm³/mol. The number of fused-ring (bicyclic) bond motifs is 1. The van der Waals surface area contributed by atoms with Gasteiger partial charge in [0.1, 0.15) is 5.69 Å². The molecule has 0 bridgehead atoms. The lowest BCUT2D eigenvalue weighted by molar-refractivity contribution is 0.0870. The van der Waals surface area contributed by atoms with Gasteiger partial charge >= 0.3 is 0 Å². The normalized spacial score (nSPS) is 13.2. The van der Waals surface area contributed by atoms with E-state index in [1.54, 1.807) is 31.5 Å². The Kier molecular flexibility index (Phi) is 6.56. The third kappa shape index (κ3) is 4.54. The van der Waals surface area contributed by atoms with Crippen molar-refractivity contribution in [1.29, 1.82) is 0 Å². The van der Waals surface area contributed by atoms with Crippen molar-refractivity contribution in [2.24, 2.45) is 4.99 Å². The Morgan fingerprint density at radius 3 is 2.77 bits per heavy atom. The third-order valence-electron chi connectivity index (χ3n) is 5.00. The molecule has 2 heterocycles. The molecule has 0 saturated heterocycles. The second kappa shape index (κ2) is 9.13. The maximum absolute atomic E-state index is 12.5. The van der Waals surface area contributed by atoms with Crippen LogP contribution in [0.4, 0.5) is 5.69 Å². The van der Waals surface area contributed by atoms with Crippen molar-refractivity contribution in [3.8, 4) is 5.88 Å². The Morgan fingerprint density at radius 2 is 2.13 bits per heavy atom. The fourth-order valence-corrected chi connectivity index (χ4v) is 3.17. The summed E-state index contributed by atoms with van der Waals surface area (Å²) in [5.74, 6) is -0.159. The summed E-state index contributed by atoms with van der Waals surface area (Å²) in [4.78, 5) is 20.2. The van der Waals surface area contributed by atoms with Crippen LogP contribution in [0, 0.1) is 0 Å². The molecule has 1 amide bonds. The van der Waals surface area contributed by atoms with Gasteiger partial charge in [-0.3, -0.25) is 9.48 Å². The minimum atomic E-state index is -0.194. The molecule has 1 atom stereocenters. The fourth-order valence-electron chi connectivity index (χ4n) is 3.17. The van der Waals surface area contributed by atoms with E-state index in [2.05, 4.69) is 15.4 Å². The highest BCUT2D eigenvalue weighted by atomic mass is 16.5. The SMILES string of the molecule is CCC(=Nc1cnn(C(C)C)c1)c1c(O)[nH]c2ccc(C(=O)NC[C@@H](C)OC)cc12. The smallest absolute Gasteiger partial charge is 0.251 e. The number of ether oxygens (including phenoxy) is 1. The van der Waals surface area contributed by atoms with Crippen LogP contribution in [0.2, 0.25) is 0 Å². The first-order valence-corrected chi connectivity index (χ1v) is 10.1. The highest BCUT2D eigenvalue weighted by Crippen LogP contribution is 2.31. The number of H-pyrrole nitrogens is 1. The molecule has 0 unspecified atom stereocenters. The van der Waals surface area contributed by atoms with Crippen LogP contribution in [0.25, 0.3) is 10.9 Å². The number of carbonyl (C=O) groups excluding carboxylic acids is 1. The number of carbonyl (C=O) groups is 1. The van der Waals surface area contributed by atoms with Crippen LogP contribution in [0.1, 0.15) is 56.1 Å². The molecule has 0 radical (unpaired) electrons. The van der Waals surface area contributed by atoms with Gasteiger partial charge in [-0.05, 0) is 45.4 Å². The topological polar surface area (TPSA) is 105 Å². The number of aromatic nitrogens is 3. The number of aromatic amines is 1. The molecule has 1 aromatic carbocycles. The zero-order valence-electron chi connectivity index (χ0n) is 18.1. The van der Waals surface area contributed by atoms with Gasteiger partial charge in [-0.1, -0.05) is 6.92 Å². The first-order chi connectivity index (χ1) is 14.3. The second-order valence-electron chi connectivity index (χ2n) is 7.55. The van der Waals surface area contributed by atoms with Gasteiger partial charge < -0.3 is 20.1 Å². The van der Waals surface area contributed by atoms with Crippen LogP contribution in [0.15, 0.2) is 35.6 Å². The fraction of sp³-hybridized carbons (Fsp3) is 0.409. The van der Waals surface area contributed by atoms with Crippen LogP contribution in [-0.2, 0) is 4.74 Å². The average molecular weight is 412 g/mol. The van der Waals surface area contributed by atoms with Gasteiger partial charge in [0.05, 0.1) is 29.8 Å². The number of nitrogens with zero attached hydrogens (tertiary/aromatic N) is 3. The lowest BCUT2D eigenvalue weighted by Gasteiger charge is -2.11. The Bertz CT molecular complexity index is 1060. The van der Waals surface area contributed by atoms with Crippen LogP contribution < -0.4 is 5.32 Å². The first kappa shape index (κ1) is 21.6. The average Bonchev–Trinajstić information content (AvgIpc) is 3.33. The molecule has 0 aliphatic heterocycles.